The zero-order valence-electron chi connectivity index (χ0n) is 11.0. The molecule has 0 saturated carbocycles. The van der Waals surface area contributed by atoms with Crippen molar-refractivity contribution < 1.29 is 19.1 Å². The van der Waals surface area contributed by atoms with Crippen LogP contribution in [0.3, 0.4) is 0 Å². The van der Waals surface area contributed by atoms with Gasteiger partial charge in [0.25, 0.3) is 0 Å². The van der Waals surface area contributed by atoms with Crippen LogP contribution >= 0.6 is 0 Å². The molecule has 4 nitrogen and oxygen atoms in total. The number of fused-ring (bicyclic) bond motifs is 3. The quantitative estimate of drug-likeness (QED) is 0.728. The summed E-state index contributed by atoms with van der Waals surface area (Å²) in [6.07, 6.45) is 5.44. The molecule has 0 spiro atoms. The Morgan fingerprint density at radius 2 is 2.16 bits per heavy atom. The van der Waals surface area contributed by atoms with Gasteiger partial charge < -0.3 is 14.3 Å². The lowest BCUT2D eigenvalue weighted by Crippen LogP contribution is -2.09. The van der Waals surface area contributed by atoms with Gasteiger partial charge in [-0.3, -0.25) is 0 Å². The maximum absolute atomic E-state index is 11.8. The fraction of sp³-hybridized carbons (Fsp3) is 0.400. The van der Waals surface area contributed by atoms with E-state index in [4.69, 9.17) is 9.15 Å². The van der Waals surface area contributed by atoms with Crippen LogP contribution in [-0.2, 0) is 9.53 Å². The summed E-state index contributed by atoms with van der Waals surface area (Å²) in [5.74, 6) is 0.370. The van der Waals surface area contributed by atoms with Gasteiger partial charge in [-0.15, -0.1) is 0 Å². The number of carbonyl (C=O) groups is 1. The molecule has 0 amide bonds. The molecule has 2 bridgehead atoms. The van der Waals surface area contributed by atoms with Gasteiger partial charge in [-0.25, -0.2) is 4.79 Å². The number of furan rings is 1. The van der Waals surface area contributed by atoms with E-state index in [0.29, 0.717) is 24.2 Å². The smallest absolute Gasteiger partial charge is 0.334 e. The van der Waals surface area contributed by atoms with Crippen molar-refractivity contribution in [1.29, 1.82) is 0 Å². The molecule has 2 aliphatic rings. The number of esters is 1. The maximum atomic E-state index is 11.8. The van der Waals surface area contributed by atoms with Crippen molar-refractivity contribution in [3.05, 3.63) is 40.4 Å². The zero-order valence-corrected chi connectivity index (χ0v) is 11.0. The Bertz CT molecular complexity index is 591. The standard InChI is InChI=1S/C15H16O4/c1-8-5-12-14(9(2)7-18-12)13-6-10(15(17)19-13)3-4-11(8)16/h5-7,11,13,16H,3-4H2,1-2H3/b8-5-/t11-,13?/m0/s1. The van der Waals surface area contributed by atoms with Gasteiger partial charge in [-0.2, -0.15) is 0 Å². The molecule has 1 aromatic heterocycles. The van der Waals surface area contributed by atoms with Crippen molar-refractivity contribution >= 4 is 12.0 Å². The average Bonchev–Trinajstić information content (AvgIpc) is 2.89. The SMILES string of the molecule is C/C1=C/c2occ(C)c2C2C=C(CC[C@@H]1O)C(=O)O2. The Kier molecular flexibility index (Phi) is 2.82. The van der Waals surface area contributed by atoms with Gasteiger partial charge in [0.05, 0.1) is 12.4 Å². The van der Waals surface area contributed by atoms with Gasteiger partial charge in [0.2, 0.25) is 0 Å². The van der Waals surface area contributed by atoms with E-state index in [-0.39, 0.29) is 12.1 Å². The first-order chi connectivity index (χ1) is 9.06. The Morgan fingerprint density at radius 3 is 2.95 bits per heavy atom. The second kappa shape index (κ2) is 4.38. The molecule has 2 heterocycles. The number of hydrogen-bond acceptors (Lipinski definition) is 4. The second-order valence-electron chi connectivity index (χ2n) is 5.16. The molecule has 1 aliphatic carbocycles. The molecule has 4 heteroatoms. The summed E-state index contributed by atoms with van der Waals surface area (Å²) in [6.45, 7) is 3.79. The summed E-state index contributed by atoms with van der Waals surface area (Å²) in [5.41, 5.74) is 3.30. The normalized spacial score (nSPS) is 29.1. The van der Waals surface area contributed by atoms with Crippen molar-refractivity contribution in [2.24, 2.45) is 0 Å². The Balaban J connectivity index is 2.13. The van der Waals surface area contributed by atoms with Crippen LogP contribution in [0, 0.1) is 6.92 Å². The summed E-state index contributed by atoms with van der Waals surface area (Å²) in [7, 11) is 0. The predicted octanol–water partition coefficient (Wildman–Crippen LogP) is 2.67. The molecule has 1 aliphatic heterocycles. The molecule has 1 unspecified atom stereocenters. The van der Waals surface area contributed by atoms with Crippen LogP contribution in [0.5, 0.6) is 0 Å². The Labute approximate surface area is 111 Å². The zero-order chi connectivity index (χ0) is 13.6. The third-order valence-electron chi connectivity index (χ3n) is 3.76. The fourth-order valence-electron chi connectivity index (χ4n) is 2.58. The highest BCUT2D eigenvalue weighted by atomic mass is 16.5. The third kappa shape index (κ3) is 2.02. The molecule has 3 rings (SSSR count). The van der Waals surface area contributed by atoms with Crippen molar-refractivity contribution in [2.45, 2.75) is 38.9 Å². The molecular formula is C15H16O4. The molecule has 1 N–H and O–H groups in total. The lowest BCUT2D eigenvalue weighted by Gasteiger charge is -2.12. The van der Waals surface area contributed by atoms with Crippen LogP contribution in [0.4, 0.5) is 0 Å². The molecular weight excluding hydrogens is 244 g/mol. The largest absolute Gasteiger partial charge is 0.464 e. The molecule has 0 aromatic carbocycles. The van der Waals surface area contributed by atoms with Crippen LogP contribution in [-0.4, -0.2) is 17.2 Å². The summed E-state index contributed by atoms with van der Waals surface area (Å²) in [5, 5.41) is 10.1. The van der Waals surface area contributed by atoms with E-state index in [1.807, 2.05) is 26.0 Å². The maximum Gasteiger partial charge on any atom is 0.334 e. The van der Waals surface area contributed by atoms with Gasteiger partial charge in [-0.05, 0) is 50.0 Å². The second-order valence-corrected chi connectivity index (χ2v) is 5.16. The molecule has 1 aromatic rings. The van der Waals surface area contributed by atoms with E-state index < -0.39 is 6.10 Å². The van der Waals surface area contributed by atoms with Gasteiger partial charge in [0, 0.05) is 11.1 Å². The molecule has 19 heavy (non-hydrogen) atoms. The Morgan fingerprint density at radius 1 is 1.37 bits per heavy atom. The monoisotopic (exact) mass is 260 g/mol. The van der Waals surface area contributed by atoms with Crippen LogP contribution in [0.25, 0.3) is 6.08 Å². The van der Waals surface area contributed by atoms with E-state index >= 15 is 0 Å². The number of carbonyl (C=O) groups excluding carboxylic acids is 1. The molecule has 0 saturated heterocycles. The molecule has 0 radical (unpaired) electrons. The molecule has 100 valence electrons. The van der Waals surface area contributed by atoms with Gasteiger partial charge in [-0.1, -0.05) is 0 Å². The fourth-order valence-corrected chi connectivity index (χ4v) is 2.58. The Hall–Kier alpha value is -1.81. The average molecular weight is 260 g/mol. The van der Waals surface area contributed by atoms with Crippen molar-refractivity contribution in [3.8, 4) is 0 Å². The van der Waals surface area contributed by atoms with Gasteiger partial charge in [0.15, 0.2) is 6.10 Å². The predicted molar refractivity (Wildman–Crippen MR) is 69.3 cm³/mol. The highest BCUT2D eigenvalue weighted by Gasteiger charge is 2.31. The van der Waals surface area contributed by atoms with Crippen LogP contribution < -0.4 is 0 Å². The summed E-state index contributed by atoms with van der Waals surface area (Å²) in [4.78, 5) is 11.8. The van der Waals surface area contributed by atoms with Crippen molar-refractivity contribution in [3.63, 3.8) is 0 Å². The highest BCUT2D eigenvalue weighted by Crippen LogP contribution is 2.37. The van der Waals surface area contributed by atoms with E-state index in [1.54, 1.807) is 6.26 Å². The van der Waals surface area contributed by atoms with Crippen molar-refractivity contribution in [1.82, 2.24) is 0 Å². The lowest BCUT2D eigenvalue weighted by molar-refractivity contribution is -0.140. The number of hydrogen-bond donors (Lipinski definition) is 1. The number of aliphatic hydroxyl groups is 1. The number of ether oxygens (including phenoxy) is 1. The first-order valence-electron chi connectivity index (χ1n) is 6.42. The summed E-state index contributed by atoms with van der Waals surface area (Å²) >= 11 is 0. The highest BCUT2D eigenvalue weighted by molar-refractivity contribution is 5.91. The first-order valence-corrected chi connectivity index (χ1v) is 6.42. The topological polar surface area (TPSA) is 59.7 Å². The van der Waals surface area contributed by atoms with Gasteiger partial charge >= 0.3 is 5.97 Å². The number of rotatable bonds is 0. The van der Waals surface area contributed by atoms with Crippen LogP contribution in [0.2, 0.25) is 0 Å². The van der Waals surface area contributed by atoms with E-state index in [9.17, 15) is 9.90 Å². The molecule has 2 atom stereocenters. The minimum absolute atomic E-state index is 0.289. The summed E-state index contributed by atoms with van der Waals surface area (Å²) in [6, 6.07) is 0. The van der Waals surface area contributed by atoms with E-state index in [1.165, 1.54) is 0 Å². The summed E-state index contributed by atoms with van der Waals surface area (Å²) < 4.78 is 10.9. The first kappa shape index (κ1) is 12.2. The third-order valence-corrected chi connectivity index (χ3v) is 3.76. The minimum Gasteiger partial charge on any atom is -0.464 e. The van der Waals surface area contributed by atoms with Gasteiger partial charge in [0.1, 0.15) is 5.76 Å². The van der Waals surface area contributed by atoms with Crippen LogP contribution in [0.1, 0.15) is 42.8 Å². The van der Waals surface area contributed by atoms with Crippen molar-refractivity contribution in [2.75, 3.05) is 0 Å². The van der Waals surface area contributed by atoms with E-state index in [0.717, 1.165) is 16.7 Å². The number of aliphatic hydroxyl groups excluding tert-OH is 1. The number of aryl methyl sites for hydroxylation is 1. The molecule has 0 fully saturated rings. The lowest BCUT2D eigenvalue weighted by atomic mass is 9.96. The van der Waals surface area contributed by atoms with E-state index in [2.05, 4.69) is 0 Å². The van der Waals surface area contributed by atoms with Crippen LogP contribution in [0.15, 0.2) is 27.9 Å². The minimum atomic E-state index is -0.566.